The van der Waals surface area contributed by atoms with Crippen molar-refractivity contribution in [2.24, 2.45) is 5.41 Å². The average molecular weight is 129 g/mol. The molecule has 2 rings (SSSR count). The van der Waals surface area contributed by atoms with E-state index < -0.39 is 0 Å². The number of ether oxygens (including phenoxy) is 1. The maximum absolute atomic E-state index is 9.33. The van der Waals surface area contributed by atoms with Crippen molar-refractivity contribution in [2.75, 3.05) is 26.3 Å². The van der Waals surface area contributed by atoms with Gasteiger partial charge in [0.25, 0.3) is 0 Å². The van der Waals surface area contributed by atoms with E-state index in [2.05, 4.69) is 5.32 Å². The van der Waals surface area contributed by atoms with E-state index in [0.29, 0.717) is 6.61 Å². The second-order valence-corrected chi connectivity index (χ2v) is 3.00. The van der Waals surface area contributed by atoms with Gasteiger partial charge in [-0.05, 0) is 0 Å². The van der Waals surface area contributed by atoms with Gasteiger partial charge in [0.1, 0.15) is 0 Å². The second-order valence-electron chi connectivity index (χ2n) is 3.00. The van der Waals surface area contributed by atoms with Crippen molar-refractivity contribution >= 4 is 0 Å². The van der Waals surface area contributed by atoms with E-state index in [-0.39, 0.29) is 11.5 Å². The van der Waals surface area contributed by atoms with Crippen LogP contribution in [0, 0.1) is 5.41 Å². The average Bonchev–Trinajstić information content (AvgIpc) is 2.07. The Labute approximate surface area is 54.0 Å². The van der Waals surface area contributed by atoms with Crippen LogP contribution >= 0.6 is 0 Å². The highest BCUT2D eigenvalue weighted by Gasteiger charge is 2.47. The lowest BCUT2D eigenvalue weighted by Crippen LogP contribution is -2.59. The van der Waals surface area contributed by atoms with Crippen molar-refractivity contribution in [3.05, 3.63) is 0 Å². The van der Waals surface area contributed by atoms with Crippen molar-refractivity contribution in [2.45, 2.75) is 6.10 Å². The molecular formula is C6H11NO2. The Balaban J connectivity index is 2.09. The van der Waals surface area contributed by atoms with Crippen molar-refractivity contribution in [3.63, 3.8) is 0 Å². The third kappa shape index (κ3) is 0.625. The van der Waals surface area contributed by atoms with Gasteiger partial charge in [-0.3, -0.25) is 0 Å². The van der Waals surface area contributed by atoms with Crippen LogP contribution in [0.2, 0.25) is 0 Å². The molecule has 0 aliphatic carbocycles. The Bertz CT molecular complexity index is 122. The highest BCUT2D eigenvalue weighted by Crippen LogP contribution is 2.32. The van der Waals surface area contributed by atoms with E-state index in [1.54, 1.807) is 0 Å². The lowest BCUT2D eigenvalue weighted by Gasteiger charge is -2.40. The summed E-state index contributed by atoms with van der Waals surface area (Å²) in [4.78, 5) is 0. The summed E-state index contributed by atoms with van der Waals surface area (Å²) in [6, 6.07) is 0. The number of rotatable bonds is 0. The molecule has 3 nitrogen and oxygen atoms in total. The molecule has 0 saturated carbocycles. The monoisotopic (exact) mass is 129 g/mol. The molecule has 9 heavy (non-hydrogen) atoms. The Kier molecular flexibility index (Phi) is 1.06. The third-order valence-corrected chi connectivity index (χ3v) is 2.33. The second kappa shape index (κ2) is 1.68. The van der Waals surface area contributed by atoms with Crippen molar-refractivity contribution in [3.8, 4) is 0 Å². The van der Waals surface area contributed by atoms with Crippen LogP contribution in [0.15, 0.2) is 0 Å². The molecule has 1 atom stereocenters. The van der Waals surface area contributed by atoms with Crippen LogP contribution < -0.4 is 5.32 Å². The molecule has 0 aromatic rings. The lowest BCUT2D eigenvalue weighted by atomic mass is 9.79. The Hall–Kier alpha value is -0.120. The fraction of sp³-hybridized carbons (Fsp3) is 1.00. The third-order valence-electron chi connectivity index (χ3n) is 2.33. The van der Waals surface area contributed by atoms with Gasteiger partial charge >= 0.3 is 0 Å². The highest BCUT2D eigenvalue weighted by atomic mass is 16.5. The van der Waals surface area contributed by atoms with Crippen molar-refractivity contribution in [1.29, 1.82) is 0 Å². The zero-order valence-electron chi connectivity index (χ0n) is 5.26. The van der Waals surface area contributed by atoms with Gasteiger partial charge in [-0.1, -0.05) is 0 Å². The van der Waals surface area contributed by atoms with Gasteiger partial charge in [0.2, 0.25) is 0 Å². The summed E-state index contributed by atoms with van der Waals surface area (Å²) in [7, 11) is 0. The van der Waals surface area contributed by atoms with E-state index in [1.807, 2.05) is 0 Å². The van der Waals surface area contributed by atoms with Gasteiger partial charge in [0.15, 0.2) is 0 Å². The Morgan fingerprint density at radius 2 is 2.33 bits per heavy atom. The van der Waals surface area contributed by atoms with E-state index in [9.17, 15) is 5.11 Å². The molecular weight excluding hydrogens is 118 g/mol. The van der Waals surface area contributed by atoms with Gasteiger partial charge in [-0.15, -0.1) is 0 Å². The first-order chi connectivity index (χ1) is 4.33. The minimum atomic E-state index is -0.223. The largest absolute Gasteiger partial charge is 0.390 e. The van der Waals surface area contributed by atoms with Crippen LogP contribution in [0.4, 0.5) is 0 Å². The maximum Gasteiger partial charge on any atom is 0.0876 e. The molecule has 2 N–H and O–H groups in total. The number of nitrogens with one attached hydrogen (secondary N) is 1. The van der Waals surface area contributed by atoms with E-state index in [1.165, 1.54) is 0 Å². The molecule has 2 fully saturated rings. The molecule has 3 heteroatoms. The first-order valence-electron chi connectivity index (χ1n) is 3.30. The SMILES string of the molecule is O[C@@H]1COCC12CNC2. The molecule has 1 spiro atoms. The zero-order chi connectivity index (χ0) is 6.32. The Morgan fingerprint density at radius 3 is 2.56 bits per heavy atom. The predicted molar refractivity (Wildman–Crippen MR) is 32.1 cm³/mol. The topological polar surface area (TPSA) is 41.5 Å². The number of hydrogen-bond acceptors (Lipinski definition) is 3. The molecule has 0 amide bonds. The first-order valence-corrected chi connectivity index (χ1v) is 3.30. The van der Waals surface area contributed by atoms with Crippen LogP contribution in [-0.2, 0) is 4.74 Å². The summed E-state index contributed by atoms with van der Waals surface area (Å²) >= 11 is 0. The van der Waals surface area contributed by atoms with E-state index in [4.69, 9.17) is 4.74 Å². The minimum absolute atomic E-state index is 0.0972. The Morgan fingerprint density at radius 1 is 1.56 bits per heavy atom. The summed E-state index contributed by atoms with van der Waals surface area (Å²) in [5.74, 6) is 0. The first kappa shape index (κ1) is 5.65. The summed E-state index contributed by atoms with van der Waals surface area (Å²) in [6.45, 7) is 3.12. The van der Waals surface area contributed by atoms with Crippen molar-refractivity contribution < 1.29 is 9.84 Å². The molecule has 2 aliphatic rings. The van der Waals surface area contributed by atoms with Gasteiger partial charge in [-0.2, -0.15) is 0 Å². The van der Waals surface area contributed by atoms with Gasteiger partial charge < -0.3 is 15.2 Å². The summed E-state index contributed by atoms with van der Waals surface area (Å²) in [5, 5.41) is 12.5. The van der Waals surface area contributed by atoms with Crippen LogP contribution in [0.25, 0.3) is 0 Å². The predicted octanol–water partition coefficient (Wildman–Crippen LogP) is -1.03. The normalized spacial score (nSPS) is 39.0. The van der Waals surface area contributed by atoms with E-state index >= 15 is 0 Å². The van der Waals surface area contributed by atoms with E-state index in [0.717, 1.165) is 19.7 Å². The summed E-state index contributed by atoms with van der Waals surface area (Å²) in [5.41, 5.74) is 0.0972. The molecule has 2 aliphatic heterocycles. The number of hydrogen-bond donors (Lipinski definition) is 2. The standard InChI is InChI=1S/C6H11NO2/c8-5-1-9-4-6(5)2-7-3-6/h5,7-8H,1-4H2/t5-/m1/s1. The molecule has 0 aromatic heterocycles. The van der Waals surface area contributed by atoms with Gasteiger partial charge in [0, 0.05) is 18.5 Å². The molecule has 52 valence electrons. The maximum atomic E-state index is 9.33. The summed E-state index contributed by atoms with van der Waals surface area (Å²) < 4.78 is 5.12. The summed E-state index contributed by atoms with van der Waals surface area (Å²) in [6.07, 6.45) is -0.223. The lowest BCUT2D eigenvalue weighted by molar-refractivity contribution is 0.0273. The quantitative estimate of drug-likeness (QED) is 0.439. The van der Waals surface area contributed by atoms with Crippen molar-refractivity contribution in [1.82, 2.24) is 5.32 Å². The molecule has 0 bridgehead atoms. The van der Waals surface area contributed by atoms with Gasteiger partial charge in [-0.25, -0.2) is 0 Å². The molecule has 0 aromatic carbocycles. The zero-order valence-corrected chi connectivity index (χ0v) is 5.26. The van der Waals surface area contributed by atoms with Crippen LogP contribution in [0.3, 0.4) is 0 Å². The molecule has 0 unspecified atom stereocenters. The fourth-order valence-electron chi connectivity index (χ4n) is 1.43. The van der Waals surface area contributed by atoms with Crippen LogP contribution in [0.1, 0.15) is 0 Å². The van der Waals surface area contributed by atoms with Crippen LogP contribution in [-0.4, -0.2) is 37.5 Å². The molecule has 2 heterocycles. The number of aliphatic hydroxyl groups excluding tert-OH is 1. The molecule has 2 saturated heterocycles. The smallest absolute Gasteiger partial charge is 0.0876 e. The number of aliphatic hydroxyl groups is 1. The van der Waals surface area contributed by atoms with Gasteiger partial charge in [0.05, 0.1) is 19.3 Å². The minimum Gasteiger partial charge on any atom is -0.390 e. The van der Waals surface area contributed by atoms with Crippen LogP contribution in [0.5, 0.6) is 0 Å². The molecule has 0 radical (unpaired) electrons. The highest BCUT2D eigenvalue weighted by molar-refractivity contribution is 5.00. The fourth-order valence-corrected chi connectivity index (χ4v) is 1.43.